The van der Waals surface area contributed by atoms with E-state index in [2.05, 4.69) is 20.9 Å². The molecule has 0 aliphatic carbocycles. The van der Waals surface area contributed by atoms with Crippen LogP contribution >= 0.6 is 15.9 Å². The number of carbonyl (C=O) groups excluding carboxylic acids is 1. The largest absolute Gasteiger partial charge is 0.494 e. The highest BCUT2D eigenvalue weighted by atomic mass is 79.9. The minimum absolute atomic E-state index is 0.141. The molecular weight excluding hydrogens is 820 g/mol. The van der Waals surface area contributed by atoms with E-state index in [0.717, 1.165) is 26.7 Å². The lowest BCUT2D eigenvalue weighted by atomic mass is 9.96. The fourth-order valence-electron chi connectivity index (χ4n) is 8.06. The van der Waals surface area contributed by atoms with Crippen LogP contribution in [0.2, 0.25) is 0 Å². The summed E-state index contributed by atoms with van der Waals surface area (Å²) in [6.07, 6.45) is -3.96. The zero-order valence-corrected chi connectivity index (χ0v) is 34.3. The van der Waals surface area contributed by atoms with Gasteiger partial charge in [-0.1, -0.05) is 155 Å². The van der Waals surface area contributed by atoms with E-state index >= 15 is 0 Å². The fraction of sp³-hybridized carbons (Fsp3) is 0.200. The van der Waals surface area contributed by atoms with Crippen LogP contribution < -0.4 is 10.6 Å². The Labute approximate surface area is 356 Å². The lowest BCUT2D eigenvalue weighted by molar-refractivity contribution is -0.290. The topological polar surface area (TPSA) is 101 Å². The predicted octanol–water partition coefficient (Wildman–Crippen LogP) is 8.34. The van der Waals surface area contributed by atoms with Crippen LogP contribution in [0.1, 0.15) is 34.0 Å². The third-order valence-corrected chi connectivity index (χ3v) is 11.4. The SMILES string of the molecule is O=C1N=c2ccccc2=C1c1c(O)n([C@@H]2O[C@H](COCc3ccccc3)[C@@H](OCc3ccccc3)[C@H](OCc3ccccc3)[C@H]2OCc2ccccc2)c2ccc(Br)cc12. The van der Waals surface area contributed by atoms with E-state index < -0.39 is 36.6 Å². The van der Waals surface area contributed by atoms with Crippen LogP contribution in [0.3, 0.4) is 0 Å². The van der Waals surface area contributed by atoms with Gasteiger partial charge in [0, 0.05) is 15.1 Å². The first kappa shape index (κ1) is 39.7. The third-order valence-electron chi connectivity index (χ3n) is 10.9. The number of amides is 1. The van der Waals surface area contributed by atoms with Crippen molar-refractivity contribution in [3.05, 3.63) is 207 Å². The fourth-order valence-corrected chi connectivity index (χ4v) is 8.42. The maximum atomic E-state index is 13.8. The number of ether oxygens (including phenoxy) is 5. The van der Waals surface area contributed by atoms with Crippen molar-refractivity contribution in [2.75, 3.05) is 6.61 Å². The van der Waals surface area contributed by atoms with Crippen LogP contribution in [0.15, 0.2) is 173 Å². The molecule has 0 unspecified atom stereocenters. The number of aromatic hydroxyl groups is 1. The molecule has 0 saturated carbocycles. The molecule has 0 spiro atoms. The first-order valence-corrected chi connectivity index (χ1v) is 20.8. The average molecular weight is 864 g/mol. The molecule has 10 heteroatoms. The Hall–Kier alpha value is -5.72. The molecule has 6 aromatic carbocycles. The number of para-hydroxylation sites is 1. The van der Waals surface area contributed by atoms with Crippen molar-refractivity contribution >= 4 is 38.3 Å². The minimum Gasteiger partial charge on any atom is -0.494 e. The first-order valence-electron chi connectivity index (χ1n) is 20.0. The highest BCUT2D eigenvalue weighted by molar-refractivity contribution is 9.10. The van der Waals surface area contributed by atoms with Gasteiger partial charge in [-0.3, -0.25) is 9.36 Å². The molecule has 0 bridgehead atoms. The summed E-state index contributed by atoms with van der Waals surface area (Å²) in [6.45, 7) is 1.25. The maximum absolute atomic E-state index is 13.8. The van der Waals surface area contributed by atoms with Crippen LogP contribution in [0.25, 0.3) is 16.5 Å². The molecular formula is C50H43BrN2O7. The Morgan fingerprint density at radius 2 is 1.13 bits per heavy atom. The van der Waals surface area contributed by atoms with E-state index in [0.29, 0.717) is 39.2 Å². The summed E-state index contributed by atoms with van der Waals surface area (Å²) in [4.78, 5) is 18.1. The van der Waals surface area contributed by atoms with E-state index in [-0.39, 0.29) is 32.3 Å². The van der Waals surface area contributed by atoms with Crippen molar-refractivity contribution in [3.8, 4) is 5.88 Å². The summed E-state index contributed by atoms with van der Waals surface area (Å²) in [5, 5.41) is 14.5. The van der Waals surface area contributed by atoms with Gasteiger partial charge >= 0.3 is 0 Å². The van der Waals surface area contributed by atoms with Crippen molar-refractivity contribution in [1.29, 1.82) is 0 Å². The smallest absolute Gasteiger partial charge is 0.279 e. The molecule has 2 aliphatic heterocycles. The van der Waals surface area contributed by atoms with Gasteiger partial charge in [0.15, 0.2) is 6.23 Å². The van der Waals surface area contributed by atoms with Crippen molar-refractivity contribution in [2.45, 2.75) is 57.1 Å². The van der Waals surface area contributed by atoms with Gasteiger partial charge in [0.25, 0.3) is 5.91 Å². The van der Waals surface area contributed by atoms with Crippen LogP contribution in [0.5, 0.6) is 5.88 Å². The molecule has 1 saturated heterocycles. The minimum atomic E-state index is -0.988. The number of benzene rings is 6. The molecule has 2 aliphatic rings. The van der Waals surface area contributed by atoms with Gasteiger partial charge in [-0.05, 0) is 46.5 Å². The van der Waals surface area contributed by atoms with Gasteiger partial charge in [0.1, 0.15) is 24.4 Å². The number of fused-ring (bicyclic) bond motifs is 2. The van der Waals surface area contributed by atoms with E-state index in [1.54, 1.807) is 10.6 Å². The second-order valence-corrected chi connectivity index (χ2v) is 15.8. The molecule has 1 fully saturated rings. The van der Waals surface area contributed by atoms with E-state index in [4.69, 9.17) is 23.7 Å². The Morgan fingerprint density at radius 3 is 1.73 bits per heavy atom. The molecule has 60 heavy (non-hydrogen) atoms. The Balaban J connectivity index is 1.20. The number of rotatable bonds is 15. The zero-order chi connectivity index (χ0) is 40.8. The second-order valence-electron chi connectivity index (χ2n) is 14.9. The van der Waals surface area contributed by atoms with E-state index in [9.17, 15) is 9.90 Å². The van der Waals surface area contributed by atoms with Crippen LogP contribution in [-0.2, 0) is 54.9 Å². The van der Waals surface area contributed by atoms with Crippen molar-refractivity contribution in [3.63, 3.8) is 0 Å². The van der Waals surface area contributed by atoms with Gasteiger partial charge in [0.05, 0.1) is 55.0 Å². The first-order chi connectivity index (χ1) is 29.5. The van der Waals surface area contributed by atoms with Gasteiger partial charge in [-0.15, -0.1) is 0 Å². The summed E-state index contributed by atoms with van der Waals surface area (Å²) >= 11 is 3.65. The Morgan fingerprint density at radius 1 is 0.617 bits per heavy atom. The molecule has 5 atom stereocenters. The van der Waals surface area contributed by atoms with Gasteiger partial charge in [0.2, 0.25) is 5.88 Å². The van der Waals surface area contributed by atoms with Crippen LogP contribution in [-0.4, -0.2) is 46.6 Å². The number of aromatic nitrogens is 1. The normalized spacial score (nSPS) is 20.0. The molecule has 302 valence electrons. The maximum Gasteiger partial charge on any atom is 0.279 e. The second kappa shape index (κ2) is 18.3. The van der Waals surface area contributed by atoms with Crippen LogP contribution in [0, 0.1) is 0 Å². The average Bonchev–Trinajstić information content (AvgIpc) is 3.76. The highest BCUT2D eigenvalue weighted by Crippen LogP contribution is 2.45. The molecule has 3 heterocycles. The Kier molecular flexibility index (Phi) is 12.1. The zero-order valence-electron chi connectivity index (χ0n) is 32.7. The molecule has 1 N–H and O–H groups in total. The lowest BCUT2D eigenvalue weighted by Crippen LogP contribution is -2.59. The molecule has 9 rings (SSSR count). The van der Waals surface area contributed by atoms with E-state index in [1.165, 1.54) is 0 Å². The van der Waals surface area contributed by atoms with Crippen molar-refractivity contribution < 1.29 is 33.6 Å². The summed E-state index contributed by atoms with van der Waals surface area (Å²) < 4.78 is 37.0. The summed E-state index contributed by atoms with van der Waals surface area (Å²) in [5.74, 6) is -0.594. The summed E-state index contributed by atoms with van der Waals surface area (Å²) in [5.41, 5.74) is 5.22. The quantitative estimate of drug-likeness (QED) is 0.111. The standard InChI is InChI=1S/C50H43BrN2O7/c51-37-25-26-41-39(27-37)44(43-38-23-13-14-24-40(38)52-48(43)54)49(55)53(41)50-47(59-31-36-21-11-4-12-22-36)46(58-30-35-19-9-3-10-20-35)45(57-29-34-17-7-2-8-18-34)42(60-50)32-56-28-33-15-5-1-6-16-33/h1-27,42,45-47,50,55H,28-32H2/t42-,45-,46+,47-,50-/m1/s1. The monoisotopic (exact) mass is 862 g/mol. The third kappa shape index (κ3) is 8.49. The van der Waals surface area contributed by atoms with Crippen LogP contribution in [0.4, 0.5) is 0 Å². The summed E-state index contributed by atoms with van der Waals surface area (Å²) in [6, 6.07) is 52.9. The van der Waals surface area contributed by atoms with Gasteiger partial charge < -0.3 is 28.8 Å². The Bertz CT molecular complexity index is 2690. The number of halogens is 1. The van der Waals surface area contributed by atoms with Gasteiger partial charge in [-0.2, -0.15) is 0 Å². The molecule has 0 radical (unpaired) electrons. The summed E-state index contributed by atoms with van der Waals surface area (Å²) in [7, 11) is 0. The number of nitrogens with zero attached hydrogens (tertiary/aromatic N) is 2. The number of carbonyl (C=O) groups is 1. The number of hydrogen-bond donors (Lipinski definition) is 1. The van der Waals surface area contributed by atoms with Crippen molar-refractivity contribution in [2.24, 2.45) is 4.99 Å². The molecule has 9 nitrogen and oxygen atoms in total. The lowest BCUT2D eigenvalue weighted by Gasteiger charge is -2.46. The highest BCUT2D eigenvalue weighted by Gasteiger charge is 2.50. The molecule has 7 aromatic rings. The van der Waals surface area contributed by atoms with Crippen molar-refractivity contribution in [1.82, 2.24) is 4.57 Å². The number of hydrogen-bond acceptors (Lipinski definition) is 7. The van der Waals surface area contributed by atoms with Gasteiger partial charge in [-0.25, -0.2) is 4.99 Å². The van der Waals surface area contributed by atoms with E-state index in [1.807, 2.05) is 158 Å². The molecule has 1 aromatic heterocycles. The molecule has 1 amide bonds. The predicted molar refractivity (Wildman–Crippen MR) is 231 cm³/mol.